The average Bonchev–Trinajstić information content (AvgIpc) is 3.17. The topological polar surface area (TPSA) is 109 Å². The van der Waals surface area contributed by atoms with Gasteiger partial charge < -0.3 is 47.1 Å². The summed E-state index contributed by atoms with van der Waals surface area (Å²) < 4.78 is 64.8. The van der Waals surface area contributed by atoms with Gasteiger partial charge in [0.2, 0.25) is 0 Å². The van der Waals surface area contributed by atoms with Gasteiger partial charge in [-0.05, 0) is 30.3 Å². The second-order valence-electron chi connectivity index (χ2n) is 15.3. The first-order valence-corrected chi connectivity index (χ1v) is 22.3. The van der Waals surface area contributed by atoms with E-state index in [2.05, 4.69) is 56.5 Å². The highest BCUT2D eigenvalue weighted by Gasteiger charge is 2.58. The second-order valence-corrected chi connectivity index (χ2v) is 21.5. The van der Waals surface area contributed by atoms with Gasteiger partial charge in [-0.25, -0.2) is 4.79 Å². The van der Waals surface area contributed by atoms with Crippen molar-refractivity contribution in [2.24, 2.45) is 0 Å². The molecule has 12 atom stereocenters. The van der Waals surface area contributed by atoms with E-state index >= 15 is 0 Å². The smallest absolute Gasteiger partial charge is 0.338 e. The highest BCUT2D eigenvalue weighted by molar-refractivity contribution is 14.1. The van der Waals surface area contributed by atoms with Crippen molar-refractivity contribution in [3.05, 3.63) is 108 Å². The summed E-state index contributed by atoms with van der Waals surface area (Å²) >= 11 is 2.36. The van der Waals surface area contributed by atoms with Gasteiger partial charge in [0.15, 0.2) is 39.6 Å². The Balaban J connectivity index is 1.22. The number of halogens is 1. The van der Waals surface area contributed by atoms with E-state index in [1.165, 1.54) is 7.11 Å². The fourth-order valence-electron chi connectivity index (χ4n) is 6.79. The van der Waals surface area contributed by atoms with Gasteiger partial charge in [-0.3, -0.25) is 0 Å². The molecule has 3 aromatic carbocycles. The van der Waals surface area contributed by atoms with Gasteiger partial charge >= 0.3 is 5.97 Å². The van der Waals surface area contributed by atoms with Gasteiger partial charge in [0, 0.05) is 18.2 Å². The molecular formula is C40H49IO11Si. The van der Waals surface area contributed by atoms with Gasteiger partial charge in [-0.2, -0.15) is 0 Å². The Kier molecular flexibility index (Phi) is 12.1. The predicted molar refractivity (Wildman–Crippen MR) is 205 cm³/mol. The summed E-state index contributed by atoms with van der Waals surface area (Å²) in [5.41, 5.74) is 2.15. The first-order chi connectivity index (χ1) is 25.4. The van der Waals surface area contributed by atoms with Crippen LogP contribution in [0.25, 0.3) is 0 Å². The van der Waals surface area contributed by atoms with E-state index in [1.807, 2.05) is 66.7 Å². The standard InChI is InChI=1S/C40H49IO11Si/c1-40(2,3)53(5,6)52-32-29(41)38(46-27-22-44-36(49-30(27)32)25-18-12-8-13-19-25)51-33-31-28(23-45-37(50-31)26-20-14-9-15-21-26)47-39(43-4)34(33)48-35(42)24-16-10-7-11-17-24/h7-21,27-34,36-39H,22-23H2,1-6H3/t27-,28-,29-,30-,31-,32-,33+,34-,36?,37?,38+,39+/m1/s1. The molecule has 286 valence electrons. The van der Waals surface area contributed by atoms with Gasteiger partial charge in [0.1, 0.15) is 30.5 Å². The lowest BCUT2D eigenvalue weighted by molar-refractivity contribution is -0.387. The molecule has 0 amide bonds. The maximum absolute atomic E-state index is 13.6. The molecule has 4 heterocycles. The normalized spacial score (nSPS) is 34.8. The van der Waals surface area contributed by atoms with Crippen LogP contribution in [0.4, 0.5) is 0 Å². The quantitative estimate of drug-likeness (QED) is 0.0951. The van der Waals surface area contributed by atoms with Crippen LogP contribution in [-0.4, -0.2) is 93.8 Å². The maximum atomic E-state index is 13.6. The third kappa shape index (κ3) is 8.45. The number of methoxy groups -OCH3 is 1. The fraction of sp³-hybridized carbons (Fsp3) is 0.525. The van der Waals surface area contributed by atoms with E-state index in [0.717, 1.165) is 11.1 Å². The van der Waals surface area contributed by atoms with Crippen LogP contribution in [0.15, 0.2) is 91.0 Å². The Morgan fingerprint density at radius 1 is 0.698 bits per heavy atom. The van der Waals surface area contributed by atoms with Gasteiger partial charge in [0.05, 0.1) is 28.8 Å². The minimum absolute atomic E-state index is 0.0732. The fourth-order valence-corrected chi connectivity index (χ4v) is 9.28. The van der Waals surface area contributed by atoms with E-state index in [-0.39, 0.29) is 22.2 Å². The maximum Gasteiger partial charge on any atom is 0.338 e. The van der Waals surface area contributed by atoms with Gasteiger partial charge in [-0.15, -0.1) is 0 Å². The zero-order chi connectivity index (χ0) is 37.3. The number of carbonyl (C=O) groups excluding carboxylic acids is 1. The minimum Gasteiger partial charge on any atom is -0.450 e. The molecule has 0 aliphatic carbocycles. The summed E-state index contributed by atoms with van der Waals surface area (Å²) in [4.78, 5) is 13.6. The number of hydrogen-bond acceptors (Lipinski definition) is 11. The molecule has 13 heteroatoms. The third-order valence-corrected chi connectivity index (χ3v) is 16.5. The Bertz CT molecular complexity index is 1640. The molecule has 0 spiro atoms. The number of fused-ring (bicyclic) bond motifs is 2. The molecule has 0 N–H and O–H groups in total. The number of alkyl halides is 1. The van der Waals surface area contributed by atoms with Crippen LogP contribution < -0.4 is 0 Å². The molecule has 4 fully saturated rings. The molecule has 11 nitrogen and oxygen atoms in total. The van der Waals surface area contributed by atoms with Crippen LogP contribution in [0.1, 0.15) is 54.8 Å². The summed E-state index contributed by atoms with van der Waals surface area (Å²) in [7, 11) is -0.837. The summed E-state index contributed by atoms with van der Waals surface area (Å²) in [6, 6.07) is 28.4. The second kappa shape index (κ2) is 16.4. The minimum atomic E-state index is -2.35. The Morgan fingerprint density at radius 2 is 1.19 bits per heavy atom. The number of carbonyl (C=O) groups is 1. The third-order valence-electron chi connectivity index (χ3n) is 10.7. The summed E-state index contributed by atoms with van der Waals surface area (Å²) in [6.07, 6.45) is -7.69. The van der Waals surface area contributed by atoms with Crippen molar-refractivity contribution in [1.29, 1.82) is 0 Å². The van der Waals surface area contributed by atoms with E-state index in [9.17, 15) is 4.79 Å². The molecule has 4 aliphatic heterocycles. The number of esters is 1. The predicted octanol–water partition coefficient (Wildman–Crippen LogP) is 7.12. The Morgan fingerprint density at radius 3 is 1.70 bits per heavy atom. The van der Waals surface area contributed by atoms with Gasteiger partial charge in [0.25, 0.3) is 0 Å². The van der Waals surface area contributed by atoms with Crippen molar-refractivity contribution >= 4 is 36.9 Å². The molecule has 0 radical (unpaired) electrons. The summed E-state index contributed by atoms with van der Waals surface area (Å²) in [5.74, 6) is -0.546. The molecule has 2 unspecified atom stereocenters. The molecule has 53 heavy (non-hydrogen) atoms. The van der Waals surface area contributed by atoms with E-state index in [1.54, 1.807) is 24.3 Å². The Hall–Kier alpha value is -2.28. The van der Waals surface area contributed by atoms with Crippen LogP contribution in [0.5, 0.6) is 0 Å². The zero-order valence-electron chi connectivity index (χ0n) is 30.9. The monoisotopic (exact) mass is 860 g/mol. The Labute approximate surface area is 326 Å². The molecule has 4 aliphatic rings. The molecule has 4 saturated heterocycles. The van der Waals surface area contributed by atoms with E-state index < -0.39 is 82.2 Å². The number of hydrogen-bond donors (Lipinski definition) is 0. The van der Waals surface area contributed by atoms with Crippen LogP contribution in [-0.2, 0) is 47.1 Å². The molecular weight excluding hydrogens is 811 g/mol. The van der Waals surface area contributed by atoms with Gasteiger partial charge in [-0.1, -0.05) is 122 Å². The highest BCUT2D eigenvalue weighted by atomic mass is 127. The first-order valence-electron chi connectivity index (χ1n) is 18.1. The highest BCUT2D eigenvalue weighted by Crippen LogP contribution is 2.45. The van der Waals surface area contributed by atoms with Crippen molar-refractivity contribution in [2.75, 3.05) is 20.3 Å². The van der Waals surface area contributed by atoms with Crippen molar-refractivity contribution in [1.82, 2.24) is 0 Å². The van der Waals surface area contributed by atoms with Crippen LogP contribution in [0, 0.1) is 0 Å². The molecule has 0 bridgehead atoms. The van der Waals surface area contributed by atoms with Crippen molar-refractivity contribution in [2.45, 2.75) is 111 Å². The lowest BCUT2D eigenvalue weighted by Gasteiger charge is -2.53. The average molecular weight is 861 g/mol. The SMILES string of the molecule is CO[C@H]1O[C@@H]2COC(c3ccccc3)O[C@H]2[C@H](O[C@@H]2O[C@@H]3COC(c4ccccc4)O[C@H]3[C@H](O[Si](C)(C)C(C)(C)C)[C@H]2I)[C@H]1OC(=O)c1ccccc1. The molecule has 0 aromatic heterocycles. The summed E-state index contributed by atoms with van der Waals surface area (Å²) in [6.45, 7) is 11.6. The van der Waals surface area contributed by atoms with Crippen molar-refractivity contribution in [3.63, 3.8) is 0 Å². The lowest BCUT2D eigenvalue weighted by Crippen LogP contribution is -2.68. The van der Waals surface area contributed by atoms with Crippen molar-refractivity contribution in [3.8, 4) is 0 Å². The molecule has 7 rings (SSSR count). The summed E-state index contributed by atoms with van der Waals surface area (Å²) in [5, 5.41) is -0.0732. The van der Waals surface area contributed by atoms with Crippen LogP contribution >= 0.6 is 22.6 Å². The number of ether oxygens (including phenoxy) is 9. The van der Waals surface area contributed by atoms with Crippen LogP contribution in [0.2, 0.25) is 18.1 Å². The zero-order valence-corrected chi connectivity index (χ0v) is 34.0. The van der Waals surface area contributed by atoms with E-state index in [4.69, 9.17) is 47.1 Å². The number of rotatable bonds is 9. The van der Waals surface area contributed by atoms with Crippen LogP contribution in [0.3, 0.4) is 0 Å². The first kappa shape index (κ1) is 39.0. The lowest BCUT2D eigenvalue weighted by atomic mass is 9.96. The number of benzene rings is 3. The van der Waals surface area contributed by atoms with Crippen molar-refractivity contribution < 1.29 is 51.9 Å². The molecule has 3 aromatic rings. The largest absolute Gasteiger partial charge is 0.450 e. The van der Waals surface area contributed by atoms with E-state index in [0.29, 0.717) is 5.56 Å². The molecule has 0 saturated carbocycles.